The summed E-state index contributed by atoms with van der Waals surface area (Å²) in [4.78, 5) is 2.52. The molecule has 1 fully saturated rings. The highest BCUT2D eigenvalue weighted by molar-refractivity contribution is 6.25. The average Bonchev–Trinajstić information content (AvgIpc) is 2.48. The van der Waals surface area contributed by atoms with E-state index in [1.165, 1.54) is 19.4 Å². The van der Waals surface area contributed by atoms with Gasteiger partial charge >= 0.3 is 0 Å². The SMILES string of the molecule is CC(C)C1CCCN1C/C=C/Cl. The number of hydrogen-bond acceptors (Lipinski definition) is 1. The Bertz CT molecular complexity index is 154. The van der Waals surface area contributed by atoms with Gasteiger partial charge in [0.25, 0.3) is 0 Å². The molecule has 1 heterocycles. The standard InChI is InChI=1S/C10H18ClN/c1-9(2)10-5-3-7-12(10)8-4-6-11/h4,6,9-10H,3,5,7-8H2,1-2H3/b6-4+. The normalized spacial score (nSPS) is 26.2. The zero-order chi connectivity index (χ0) is 8.97. The first kappa shape index (κ1) is 10.1. The van der Waals surface area contributed by atoms with Crippen molar-refractivity contribution in [2.45, 2.75) is 32.7 Å². The van der Waals surface area contributed by atoms with Gasteiger partial charge in [0.2, 0.25) is 0 Å². The maximum absolute atomic E-state index is 5.50. The molecule has 0 radical (unpaired) electrons. The Morgan fingerprint density at radius 2 is 2.33 bits per heavy atom. The minimum atomic E-state index is 0.774. The highest BCUT2D eigenvalue weighted by Crippen LogP contribution is 2.23. The molecule has 0 bridgehead atoms. The molecule has 0 spiro atoms. The molecule has 12 heavy (non-hydrogen) atoms. The lowest BCUT2D eigenvalue weighted by atomic mass is 10.0. The Morgan fingerprint density at radius 3 is 2.92 bits per heavy atom. The van der Waals surface area contributed by atoms with Crippen molar-refractivity contribution in [3.8, 4) is 0 Å². The van der Waals surface area contributed by atoms with Gasteiger partial charge in [-0.05, 0) is 25.3 Å². The molecule has 0 aromatic heterocycles. The fourth-order valence-corrected chi connectivity index (χ4v) is 2.09. The van der Waals surface area contributed by atoms with Crippen LogP contribution in [0.25, 0.3) is 0 Å². The van der Waals surface area contributed by atoms with Crippen molar-refractivity contribution in [1.29, 1.82) is 0 Å². The monoisotopic (exact) mass is 187 g/mol. The van der Waals surface area contributed by atoms with Crippen LogP contribution in [0.1, 0.15) is 26.7 Å². The first-order valence-corrected chi connectivity index (χ1v) is 5.18. The zero-order valence-electron chi connectivity index (χ0n) is 7.96. The predicted molar refractivity (Wildman–Crippen MR) is 54.4 cm³/mol. The van der Waals surface area contributed by atoms with Gasteiger partial charge in [0.1, 0.15) is 0 Å². The van der Waals surface area contributed by atoms with Crippen molar-refractivity contribution in [2.75, 3.05) is 13.1 Å². The fourth-order valence-electron chi connectivity index (χ4n) is 2.01. The molecule has 0 saturated carbocycles. The number of rotatable bonds is 3. The van der Waals surface area contributed by atoms with E-state index in [-0.39, 0.29) is 0 Å². The summed E-state index contributed by atoms with van der Waals surface area (Å²) in [5.41, 5.74) is 1.62. The van der Waals surface area contributed by atoms with Gasteiger partial charge in [-0.2, -0.15) is 0 Å². The van der Waals surface area contributed by atoms with Crippen LogP contribution in [0.15, 0.2) is 11.6 Å². The van der Waals surface area contributed by atoms with Crippen molar-refractivity contribution in [1.82, 2.24) is 4.90 Å². The third-order valence-electron chi connectivity index (χ3n) is 2.61. The summed E-state index contributed by atoms with van der Waals surface area (Å²) < 4.78 is 0. The van der Waals surface area contributed by atoms with E-state index in [1.807, 2.05) is 6.08 Å². The minimum absolute atomic E-state index is 0.774. The third kappa shape index (κ3) is 2.49. The average molecular weight is 188 g/mol. The molecule has 0 aromatic rings. The number of hydrogen-bond donors (Lipinski definition) is 0. The van der Waals surface area contributed by atoms with Crippen molar-refractivity contribution in [3.05, 3.63) is 11.6 Å². The van der Waals surface area contributed by atoms with E-state index in [0.29, 0.717) is 0 Å². The van der Waals surface area contributed by atoms with Gasteiger partial charge in [-0.3, -0.25) is 4.90 Å². The van der Waals surface area contributed by atoms with E-state index in [2.05, 4.69) is 18.7 Å². The molecular weight excluding hydrogens is 170 g/mol. The lowest BCUT2D eigenvalue weighted by Gasteiger charge is -2.26. The quantitative estimate of drug-likeness (QED) is 0.657. The minimum Gasteiger partial charge on any atom is -0.296 e. The lowest BCUT2D eigenvalue weighted by molar-refractivity contribution is 0.227. The highest BCUT2D eigenvalue weighted by Gasteiger charge is 2.25. The summed E-state index contributed by atoms with van der Waals surface area (Å²) in [6, 6.07) is 0.776. The summed E-state index contributed by atoms with van der Waals surface area (Å²) in [5, 5.41) is 0. The smallest absolute Gasteiger partial charge is 0.0177 e. The second kappa shape index (κ2) is 4.88. The van der Waals surface area contributed by atoms with Gasteiger partial charge in [0, 0.05) is 18.1 Å². The van der Waals surface area contributed by atoms with Crippen LogP contribution in [0.3, 0.4) is 0 Å². The van der Waals surface area contributed by atoms with E-state index < -0.39 is 0 Å². The molecule has 70 valence electrons. The maximum Gasteiger partial charge on any atom is 0.0177 e. The molecule has 1 aliphatic heterocycles. The van der Waals surface area contributed by atoms with Crippen LogP contribution in [0.4, 0.5) is 0 Å². The molecule has 1 nitrogen and oxygen atoms in total. The van der Waals surface area contributed by atoms with E-state index >= 15 is 0 Å². The molecule has 0 aromatic carbocycles. The molecule has 1 unspecified atom stereocenters. The van der Waals surface area contributed by atoms with Crippen LogP contribution in [-0.2, 0) is 0 Å². The molecule has 1 aliphatic rings. The number of likely N-dealkylation sites (tertiary alicyclic amines) is 1. The molecule has 0 N–H and O–H groups in total. The third-order valence-corrected chi connectivity index (χ3v) is 2.79. The molecular formula is C10H18ClN. The van der Waals surface area contributed by atoms with Crippen LogP contribution in [0.5, 0.6) is 0 Å². The van der Waals surface area contributed by atoms with E-state index in [9.17, 15) is 0 Å². The molecule has 2 heteroatoms. The molecule has 1 rings (SSSR count). The lowest BCUT2D eigenvalue weighted by Crippen LogP contribution is -2.33. The van der Waals surface area contributed by atoms with E-state index in [1.54, 1.807) is 5.54 Å². The molecule has 0 aliphatic carbocycles. The zero-order valence-corrected chi connectivity index (χ0v) is 8.72. The second-order valence-corrected chi connectivity index (χ2v) is 4.06. The van der Waals surface area contributed by atoms with Crippen molar-refractivity contribution >= 4 is 11.6 Å². The van der Waals surface area contributed by atoms with Crippen molar-refractivity contribution < 1.29 is 0 Å². The molecule has 0 amide bonds. The van der Waals surface area contributed by atoms with Crippen LogP contribution in [-0.4, -0.2) is 24.0 Å². The number of nitrogens with zero attached hydrogens (tertiary/aromatic N) is 1. The second-order valence-electron chi connectivity index (χ2n) is 3.81. The van der Waals surface area contributed by atoms with Crippen molar-refractivity contribution in [3.63, 3.8) is 0 Å². The summed E-state index contributed by atoms with van der Waals surface area (Å²) in [7, 11) is 0. The Hall–Kier alpha value is -0.0100. The van der Waals surface area contributed by atoms with E-state index in [4.69, 9.17) is 11.6 Å². The Balaban J connectivity index is 2.40. The van der Waals surface area contributed by atoms with Gasteiger partial charge in [-0.25, -0.2) is 0 Å². The van der Waals surface area contributed by atoms with Crippen LogP contribution in [0, 0.1) is 5.92 Å². The van der Waals surface area contributed by atoms with Crippen LogP contribution in [0.2, 0.25) is 0 Å². The van der Waals surface area contributed by atoms with E-state index in [0.717, 1.165) is 18.5 Å². The molecule has 1 saturated heterocycles. The van der Waals surface area contributed by atoms with Gasteiger partial charge in [0.05, 0.1) is 0 Å². The molecule has 1 atom stereocenters. The Morgan fingerprint density at radius 1 is 1.58 bits per heavy atom. The summed E-state index contributed by atoms with van der Waals surface area (Å²) in [5.74, 6) is 0.774. The van der Waals surface area contributed by atoms with Crippen LogP contribution < -0.4 is 0 Å². The van der Waals surface area contributed by atoms with Crippen molar-refractivity contribution in [2.24, 2.45) is 5.92 Å². The highest BCUT2D eigenvalue weighted by atomic mass is 35.5. The topological polar surface area (TPSA) is 3.24 Å². The van der Waals surface area contributed by atoms with Gasteiger partial charge in [-0.1, -0.05) is 31.5 Å². The fraction of sp³-hybridized carbons (Fsp3) is 0.800. The number of halogens is 1. The van der Waals surface area contributed by atoms with Gasteiger partial charge in [0.15, 0.2) is 0 Å². The summed E-state index contributed by atoms with van der Waals surface area (Å²) in [6.07, 6.45) is 4.73. The first-order valence-electron chi connectivity index (χ1n) is 4.75. The summed E-state index contributed by atoms with van der Waals surface area (Å²) in [6.45, 7) is 6.86. The first-order chi connectivity index (χ1) is 5.75. The Kier molecular flexibility index (Phi) is 4.10. The summed E-state index contributed by atoms with van der Waals surface area (Å²) >= 11 is 5.50. The van der Waals surface area contributed by atoms with Gasteiger partial charge in [-0.15, -0.1) is 0 Å². The van der Waals surface area contributed by atoms with Gasteiger partial charge < -0.3 is 0 Å². The maximum atomic E-state index is 5.50. The predicted octanol–water partition coefficient (Wildman–Crippen LogP) is 2.86. The van der Waals surface area contributed by atoms with Crippen LogP contribution >= 0.6 is 11.6 Å². The largest absolute Gasteiger partial charge is 0.296 e. The Labute approximate surface area is 80.4 Å².